The number of hydrogen-bond donors (Lipinski definition) is 1. The van der Waals surface area contributed by atoms with Crippen molar-refractivity contribution in [1.29, 1.82) is 5.26 Å². The van der Waals surface area contributed by atoms with Gasteiger partial charge >= 0.3 is 6.03 Å². The Balaban J connectivity index is 3.84. The number of carbonyl (C=O) groups is 2. The highest BCUT2D eigenvalue weighted by molar-refractivity contribution is 6.19. The zero-order valence-corrected chi connectivity index (χ0v) is 8.67. The summed E-state index contributed by atoms with van der Waals surface area (Å²) in [6, 6.07) is 1.40. The zero-order valence-electron chi connectivity index (χ0n) is 7.92. The van der Waals surface area contributed by atoms with Crippen molar-refractivity contribution in [3.05, 3.63) is 0 Å². The fourth-order valence-electron chi connectivity index (χ4n) is 0.682. The summed E-state index contributed by atoms with van der Waals surface area (Å²) in [6.45, 7) is 0.302. The van der Waals surface area contributed by atoms with E-state index in [1.165, 1.54) is 11.9 Å². The van der Waals surface area contributed by atoms with Gasteiger partial charge in [-0.25, -0.2) is 4.79 Å². The first-order valence-corrected chi connectivity index (χ1v) is 4.63. The van der Waals surface area contributed by atoms with Crippen LogP contribution in [0.2, 0.25) is 0 Å². The average Bonchev–Trinajstić information content (AvgIpc) is 2.14. The van der Waals surface area contributed by atoms with E-state index in [9.17, 15) is 9.59 Å². The molecule has 0 saturated carbocycles. The molecule has 3 amide bonds. The number of alkyl halides is 1. The van der Waals surface area contributed by atoms with Crippen LogP contribution in [0.5, 0.6) is 0 Å². The second-order valence-corrected chi connectivity index (χ2v) is 3.00. The first kappa shape index (κ1) is 12.7. The third-order valence-corrected chi connectivity index (χ3v) is 1.66. The Morgan fingerprint density at radius 3 is 2.71 bits per heavy atom. The van der Waals surface area contributed by atoms with E-state index < -0.39 is 11.9 Å². The molecule has 0 fully saturated rings. The van der Waals surface area contributed by atoms with Crippen molar-refractivity contribution in [2.24, 2.45) is 0 Å². The smallest absolute Gasteiger partial charge is 0.323 e. The van der Waals surface area contributed by atoms with Crippen molar-refractivity contribution >= 4 is 23.5 Å². The number of amides is 3. The van der Waals surface area contributed by atoms with Crippen LogP contribution in [0.3, 0.4) is 0 Å². The predicted octanol–water partition coefficient (Wildman–Crippen LogP) is 0.697. The van der Waals surface area contributed by atoms with Crippen molar-refractivity contribution in [2.75, 3.05) is 19.5 Å². The molecule has 0 atom stereocenters. The SMILES string of the molecule is CN(CCC#N)C(=O)NC(=O)CCCl. The first-order valence-electron chi connectivity index (χ1n) is 4.09. The van der Waals surface area contributed by atoms with Crippen LogP contribution in [0, 0.1) is 11.3 Å². The van der Waals surface area contributed by atoms with Gasteiger partial charge in [0.15, 0.2) is 0 Å². The van der Waals surface area contributed by atoms with E-state index >= 15 is 0 Å². The number of carbonyl (C=O) groups excluding carboxylic acids is 2. The molecule has 78 valence electrons. The third-order valence-electron chi connectivity index (χ3n) is 1.47. The number of nitriles is 1. The molecule has 14 heavy (non-hydrogen) atoms. The highest BCUT2D eigenvalue weighted by Crippen LogP contribution is 1.89. The van der Waals surface area contributed by atoms with Gasteiger partial charge in [-0.15, -0.1) is 11.6 Å². The van der Waals surface area contributed by atoms with Gasteiger partial charge in [0, 0.05) is 25.9 Å². The van der Waals surface area contributed by atoms with Crippen LogP contribution < -0.4 is 5.32 Å². The van der Waals surface area contributed by atoms with Gasteiger partial charge in [0.05, 0.1) is 12.5 Å². The van der Waals surface area contributed by atoms with E-state index in [0.717, 1.165) is 0 Å². The molecule has 0 saturated heterocycles. The lowest BCUT2D eigenvalue weighted by Gasteiger charge is -2.15. The van der Waals surface area contributed by atoms with Crippen molar-refractivity contribution in [3.8, 4) is 6.07 Å². The predicted molar refractivity (Wildman–Crippen MR) is 51.7 cm³/mol. The number of imide groups is 1. The summed E-state index contributed by atoms with van der Waals surface area (Å²) < 4.78 is 0. The van der Waals surface area contributed by atoms with Crippen LogP contribution in [0.1, 0.15) is 12.8 Å². The lowest BCUT2D eigenvalue weighted by atomic mass is 10.4. The molecule has 6 heteroatoms. The summed E-state index contributed by atoms with van der Waals surface area (Å²) in [6.07, 6.45) is 0.354. The van der Waals surface area contributed by atoms with Crippen LogP contribution in [0.25, 0.3) is 0 Å². The molecule has 0 rings (SSSR count). The summed E-state index contributed by atoms with van der Waals surface area (Å²) >= 11 is 5.31. The molecule has 5 nitrogen and oxygen atoms in total. The van der Waals surface area contributed by atoms with E-state index in [0.29, 0.717) is 6.54 Å². The fraction of sp³-hybridized carbons (Fsp3) is 0.625. The van der Waals surface area contributed by atoms with Gasteiger partial charge < -0.3 is 4.90 Å². The molecular weight excluding hydrogens is 206 g/mol. The minimum atomic E-state index is -0.504. The van der Waals surface area contributed by atoms with Crippen molar-refractivity contribution in [3.63, 3.8) is 0 Å². The molecule has 1 N–H and O–H groups in total. The Morgan fingerprint density at radius 1 is 1.57 bits per heavy atom. The van der Waals surface area contributed by atoms with E-state index in [4.69, 9.17) is 16.9 Å². The normalized spacial score (nSPS) is 8.93. The molecular formula is C8H12ClN3O2. The summed E-state index contributed by atoms with van der Waals surface area (Å²) in [7, 11) is 1.51. The number of nitrogens with zero attached hydrogens (tertiary/aromatic N) is 2. The van der Waals surface area contributed by atoms with Crippen molar-refractivity contribution < 1.29 is 9.59 Å². The monoisotopic (exact) mass is 217 g/mol. The summed E-state index contributed by atoms with van der Waals surface area (Å²) in [5.74, 6) is -0.227. The molecule has 0 heterocycles. The molecule has 0 radical (unpaired) electrons. The maximum Gasteiger partial charge on any atom is 0.323 e. The summed E-state index contributed by atoms with van der Waals surface area (Å²) in [5, 5.41) is 10.4. The molecule has 0 aliphatic carbocycles. The summed E-state index contributed by atoms with van der Waals surface area (Å²) in [5.41, 5.74) is 0. The summed E-state index contributed by atoms with van der Waals surface area (Å²) in [4.78, 5) is 23.4. The van der Waals surface area contributed by atoms with Crippen LogP contribution in [-0.2, 0) is 4.79 Å². The number of rotatable bonds is 4. The van der Waals surface area contributed by atoms with E-state index in [2.05, 4.69) is 5.32 Å². The van der Waals surface area contributed by atoms with E-state index in [1.54, 1.807) is 0 Å². The maximum atomic E-state index is 11.2. The minimum Gasteiger partial charge on any atom is -0.326 e. The van der Waals surface area contributed by atoms with Crippen LogP contribution in [0.15, 0.2) is 0 Å². The molecule has 0 aliphatic rings. The third kappa shape index (κ3) is 5.38. The minimum absolute atomic E-state index is 0.111. The molecule has 0 aliphatic heterocycles. The fourth-order valence-corrected chi connectivity index (χ4v) is 0.854. The molecule has 0 aromatic heterocycles. The Morgan fingerprint density at radius 2 is 2.21 bits per heavy atom. The Hall–Kier alpha value is -1.28. The topological polar surface area (TPSA) is 73.2 Å². The van der Waals surface area contributed by atoms with Gasteiger partial charge in [-0.1, -0.05) is 0 Å². The highest BCUT2D eigenvalue weighted by Gasteiger charge is 2.10. The van der Waals surface area contributed by atoms with E-state index in [1.807, 2.05) is 6.07 Å². The van der Waals surface area contributed by atoms with Crippen LogP contribution in [0.4, 0.5) is 4.79 Å². The number of hydrogen-bond acceptors (Lipinski definition) is 3. The van der Waals surface area contributed by atoms with Gasteiger partial charge in [0.25, 0.3) is 0 Å². The lowest BCUT2D eigenvalue weighted by molar-refractivity contribution is -0.119. The Bertz CT molecular complexity index is 249. The lowest BCUT2D eigenvalue weighted by Crippen LogP contribution is -2.41. The quantitative estimate of drug-likeness (QED) is 0.705. The van der Waals surface area contributed by atoms with Gasteiger partial charge in [-0.3, -0.25) is 10.1 Å². The second kappa shape index (κ2) is 7.15. The number of urea groups is 1. The highest BCUT2D eigenvalue weighted by atomic mass is 35.5. The second-order valence-electron chi connectivity index (χ2n) is 2.62. The van der Waals surface area contributed by atoms with Gasteiger partial charge in [0.1, 0.15) is 0 Å². The molecule has 0 bridgehead atoms. The molecule has 0 unspecified atom stereocenters. The van der Waals surface area contributed by atoms with Crippen LogP contribution in [-0.4, -0.2) is 36.3 Å². The Labute approximate surface area is 87.6 Å². The van der Waals surface area contributed by atoms with Gasteiger partial charge in [0.2, 0.25) is 5.91 Å². The van der Waals surface area contributed by atoms with Crippen LogP contribution >= 0.6 is 11.6 Å². The van der Waals surface area contributed by atoms with Crippen molar-refractivity contribution in [1.82, 2.24) is 10.2 Å². The van der Waals surface area contributed by atoms with Crippen molar-refractivity contribution in [2.45, 2.75) is 12.8 Å². The molecule has 0 aromatic rings. The number of halogens is 1. The number of nitrogens with one attached hydrogen (secondary N) is 1. The van der Waals surface area contributed by atoms with Gasteiger partial charge in [-0.05, 0) is 0 Å². The zero-order chi connectivity index (χ0) is 11.0. The standard InChI is InChI=1S/C8H12ClN3O2/c1-12(6-2-5-10)8(14)11-7(13)3-4-9/h2-4,6H2,1H3,(H,11,13,14). The molecule has 0 aromatic carbocycles. The Kier molecular flexibility index (Phi) is 6.50. The maximum absolute atomic E-state index is 11.2. The van der Waals surface area contributed by atoms with Gasteiger partial charge in [-0.2, -0.15) is 5.26 Å². The molecule has 0 spiro atoms. The average molecular weight is 218 g/mol. The van der Waals surface area contributed by atoms with E-state index in [-0.39, 0.29) is 18.7 Å². The first-order chi connectivity index (χ1) is 6.61. The largest absolute Gasteiger partial charge is 0.326 e.